The minimum Gasteiger partial charge on any atom is -0.162 e. The van der Waals surface area contributed by atoms with Crippen molar-refractivity contribution in [1.29, 1.82) is 0 Å². The van der Waals surface area contributed by atoms with Crippen LogP contribution in [0.4, 0.5) is 0 Å². The molecule has 0 atom stereocenters. The van der Waals surface area contributed by atoms with Crippen molar-refractivity contribution in [2.75, 3.05) is 11.5 Å². The van der Waals surface area contributed by atoms with Crippen molar-refractivity contribution >= 4 is 11.8 Å². The largest absolute Gasteiger partial charge is 0.162 e. The van der Waals surface area contributed by atoms with E-state index in [1.165, 1.54) is 255 Å². The fourth-order valence-electron chi connectivity index (χ4n) is 6.67. The Kier molecular flexibility index (Phi) is 42.7. The second kappa shape index (κ2) is 42.3. The third kappa shape index (κ3) is 42.4. The van der Waals surface area contributed by atoms with Crippen molar-refractivity contribution in [3.05, 3.63) is 0 Å². The third-order valence-corrected chi connectivity index (χ3v) is 10.9. The van der Waals surface area contributed by atoms with Crippen molar-refractivity contribution < 1.29 is 0 Å². The first-order valence-corrected chi connectivity index (χ1v) is 22.1. The van der Waals surface area contributed by atoms with Crippen LogP contribution >= 0.6 is 11.8 Å². The molecule has 0 N–H and O–H groups in total. The molecule has 260 valence electrons. The second-order valence-electron chi connectivity index (χ2n) is 14.3. The molecule has 0 heterocycles. The van der Waals surface area contributed by atoms with Gasteiger partial charge in [-0.15, -0.1) is 0 Å². The first-order valence-electron chi connectivity index (χ1n) is 21.0. The Labute approximate surface area is 280 Å². The Morgan fingerprint density at radius 1 is 0.186 bits per heavy atom. The fraction of sp³-hybridized carbons (Fsp3) is 1.00. The summed E-state index contributed by atoms with van der Waals surface area (Å²) in [5.41, 5.74) is 0. The summed E-state index contributed by atoms with van der Waals surface area (Å²) >= 11 is 2.23. The van der Waals surface area contributed by atoms with Crippen molar-refractivity contribution in [2.45, 2.75) is 258 Å². The van der Waals surface area contributed by atoms with Crippen molar-refractivity contribution in [1.82, 2.24) is 0 Å². The Morgan fingerprint density at radius 3 is 0.488 bits per heavy atom. The summed E-state index contributed by atoms with van der Waals surface area (Å²) in [6.45, 7) is 4.62. The van der Waals surface area contributed by atoms with Gasteiger partial charge in [-0.05, 0) is 24.3 Å². The van der Waals surface area contributed by atoms with E-state index in [0.717, 1.165) is 0 Å². The molecule has 0 aliphatic heterocycles. The van der Waals surface area contributed by atoms with Gasteiger partial charge in [-0.2, -0.15) is 11.8 Å². The Balaban J connectivity index is 3.02. The van der Waals surface area contributed by atoms with Gasteiger partial charge in [0.1, 0.15) is 0 Å². The van der Waals surface area contributed by atoms with Crippen LogP contribution in [0.25, 0.3) is 0 Å². The van der Waals surface area contributed by atoms with E-state index in [2.05, 4.69) is 25.6 Å². The molecule has 0 aliphatic carbocycles. The molecule has 0 saturated carbocycles. The highest BCUT2D eigenvalue weighted by atomic mass is 32.2. The summed E-state index contributed by atoms with van der Waals surface area (Å²) in [5.74, 6) is 2.83. The van der Waals surface area contributed by atoms with E-state index in [1.54, 1.807) is 0 Å². The van der Waals surface area contributed by atoms with E-state index in [4.69, 9.17) is 0 Å². The molecule has 0 radical (unpaired) electrons. The summed E-state index contributed by atoms with van der Waals surface area (Å²) in [5, 5.41) is 0. The van der Waals surface area contributed by atoms with Gasteiger partial charge >= 0.3 is 0 Å². The molecule has 0 aromatic rings. The zero-order valence-electron chi connectivity index (χ0n) is 30.7. The van der Waals surface area contributed by atoms with Crippen LogP contribution in [0.2, 0.25) is 0 Å². The summed E-state index contributed by atoms with van der Waals surface area (Å²) in [4.78, 5) is 0. The predicted octanol–water partition coefficient (Wildman–Crippen LogP) is 16.6. The summed E-state index contributed by atoms with van der Waals surface area (Å²) in [7, 11) is 0. The van der Waals surface area contributed by atoms with Crippen molar-refractivity contribution in [3.63, 3.8) is 0 Å². The Morgan fingerprint density at radius 2 is 0.326 bits per heavy atom. The van der Waals surface area contributed by atoms with Crippen LogP contribution < -0.4 is 0 Å². The molecule has 0 nitrogen and oxygen atoms in total. The number of hydrogen-bond donors (Lipinski definition) is 0. The van der Waals surface area contributed by atoms with Gasteiger partial charge in [0.2, 0.25) is 0 Å². The quantitative estimate of drug-likeness (QED) is 0.0613. The third-order valence-electron chi connectivity index (χ3n) is 9.78. The van der Waals surface area contributed by atoms with Crippen LogP contribution in [0.1, 0.15) is 258 Å². The molecule has 0 aromatic carbocycles. The van der Waals surface area contributed by atoms with E-state index in [1.807, 2.05) is 0 Å². The van der Waals surface area contributed by atoms with E-state index in [-0.39, 0.29) is 0 Å². The maximum absolute atomic E-state index is 2.31. The second-order valence-corrected chi connectivity index (χ2v) is 15.6. The molecule has 0 unspecified atom stereocenters. The van der Waals surface area contributed by atoms with Gasteiger partial charge < -0.3 is 0 Å². The fourth-order valence-corrected chi connectivity index (χ4v) is 7.69. The highest BCUT2D eigenvalue weighted by Gasteiger charge is 1.98. The lowest BCUT2D eigenvalue weighted by Gasteiger charge is -2.05. The highest BCUT2D eigenvalue weighted by Crippen LogP contribution is 2.17. The molecule has 0 aromatic heterocycles. The van der Waals surface area contributed by atoms with Gasteiger partial charge in [-0.25, -0.2) is 0 Å². The standard InChI is InChI=1S/C42H86S/c1-3-5-7-9-11-13-15-17-19-21-22-23-24-25-26-28-30-32-34-36-38-40-42-43-41-39-37-35-33-31-29-27-20-18-16-14-12-10-8-6-4-2/h3-42H2,1-2H3. The molecule has 1 heteroatoms. The SMILES string of the molecule is CCCCCCCCCCCCCCCCCCCCCCCCSCCCCCCCCCCCCCCCCCC. The first-order chi connectivity index (χ1) is 21.4. The highest BCUT2D eigenvalue weighted by molar-refractivity contribution is 7.99. The van der Waals surface area contributed by atoms with Crippen LogP contribution in [-0.4, -0.2) is 11.5 Å². The van der Waals surface area contributed by atoms with Crippen LogP contribution in [0.5, 0.6) is 0 Å². The van der Waals surface area contributed by atoms with Crippen LogP contribution in [-0.2, 0) is 0 Å². The van der Waals surface area contributed by atoms with Gasteiger partial charge in [-0.1, -0.05) is 245 Å². The Hall–Kier alpha value is 0.350. The molecule has 0 saturated heterocycles. The van der Waals surface area contributed by atoms with Crippen LogP contribution in [0, 0.1) is 0 Å². The van der Waals surface area contributed by atoms with E-state index in [9.17, 15) is 0 Å². The summed E-state index contributed by atoms with van der Waals surface area (Å²) < 4.78 is 0. The minimum absolute atomic E-state index is 1.37. The first kappa shape index (κ1) is 43.4. The molecule has 43 heavy (non-hydrogen) atoms. The van der Waals surface area contributed by atoms with Gasteiger partial charge in [0, 0.05) is 0 Å². The lowest BCUT2D eigenvalue weighted by molar-refractivity contribution is 0.520. The number of rotatable bonds is 40. The lowest BCUT2D eigenvalue weighted by Crippen LogP contribution is -1.87. The minimum atomic E-state index is 1.37. The predicted molar refractivity (Wildman–Crippen MR) is 204 cm³/mol. The lowest BCUT2D eigenvalue weighted by atomic mass is 10.0. The van der Waals surface area contributed by atoms with Crippen LogP contribution in [0.3, 0.4) is 0 Å². The molecular weight excluding hydrogens is 537 g/mol. The zero-order valence-corrected chi connectivity index (χ0v) is 31.5. The van der Waals surface area contributed by atoms with Gasteiger partial charge in [0.15, 0.2) is 0 Å². The van der Waals surface area contributed by atoms with E-state index in [0.29, 0.717) is 0 Å². The average Bonchev–Trinajstić information content (AvgIpc) is 3.02. The zero-order chi connectivity index (χ0) is 31.0. The molecule has 0 fully saturated rings. The maximum atomic E-state index is 2.31. The number of unbranched alkanes of at least 4 members (excludes halogenated alkanes) is 36. The monoisotopic (exact) mass is 623 g/mol. The molecule has 0 spiro atoms. The number of thioether (sulfide) groups is 1. The van der Waals surface area contributed by atoms with Gasteiger partial charge in [0.05, 0.1) is 0 Å². The summed E-state index contributed by atoms with van der Waals surface area (Å²) in [6.07, 6.45) is 56.2. The molecule has 0 amide bonds. The van der Waals surface area contributed by atoms with E-state index >= 15 is 0 Å². The average molecular weight is 623 g/mol. The molecule has 0 aliphatic rings. The normalized spacial score (nSPS) is 11.6. The topological polar surface area (TPSA) is 0 Å². The van der Waals surface area contributed by atoms with E-state index < -0.39 is 0 Å². The molecular formula is C42H86S. The van der Waals surface area contributed by atoms with Gasteiger partial charge in [0.25, 0.3) is 0 Å². The Bertz CT molecular complexity index is 406. The molecule has 0 rings (SSSR count). The van der Waals surface area contributed by atoms with Gasteiger partial charge in [-0.3, -0.25) is 0 Å². The van der Waals surface area contributed by atoms with Crippen molar-refractivity contribution in [2.24, 2.45) is 0 Å². The number of hydrogen-bond acceptors (Lipinski definition) is 1. The van der Waals surface area contributed by atoms with Crippen molar-refractivity contribution in [3.8, 4) is 0 Å². The maximum Gasteiger partial charge on any atom is -0.00675 e. The smallest absolute Gasteiger partial charge is 0.00675 e. The molecule has 0 bridgehead atoms. The summed E-state index contributed by atoms with van der Waals surface area (Å²) in [6, 6.07) is 0. The van der Waals surface area contributed by atoms with Crippen LogP contribution in [0.15, 0.2) is 0 Å².